The fourth-order valence-corrected chi connectivity index (χ4v) is 14.2. The molecule has 10 aromatic rings. The first-order chi connectivity index (χ1) is 34.5. The van der Waals surface area contributed by atoms with Crippen LogP contribution in [0.4, 0.5) is 45.5 Å². The van der Waals surface area contributed by atoms with E-state index >= 15 is 0 Å². The van der Waals surface area contributed by atoms with Crippen molar-refractivity contribution in [1.82, 2.24) is 0 Å². The Morgan fingerprint density at radius 2 is 0.986 bits per heavy atom. The van der Waals surface area contributed by atoms with Crippen LogP contribution in [-0.4, -0.2) is 12.3 Å². The molecular weight excluding hydrogens is 878 g/mol. The SMILES string of the molecule is Cc1cc(C)c2c(c1)N(c1cc3c4c(c1)N(c1cccc5oc6ccccc6c15)c1cc(C(C)(C)C)ccc1B4c1ccc(C(C)(C)C)cc1N3c1cccc3oc4ccccc4c13)C1(C)CCCCC21C. The van der Waals surface area contributed by atoms with E-state index in [1.807, 2.05) is 0 Å². The molecule has 5 heterocycles. The Hall–Kier alpha value is -7.18. The van der Waals surface area contributed by atoms with Gasteiger partial charge in [0.05, 0.1) is 27.7 Å². The van der Waals surface area contributed by atoms with Crippen LogP contribution in [0.3, 0.4) is 0 Å². The van der Waals surface area contributed by atoms with Crippen molar-refractivity contribution in [3.8, 4) is 0 Å². The second-order valence-electron chi connectivity index (χ2n) is 24.2. The van der Waals surface area contributed by atoms with E-state index < -0.39 is 0 Å². The fourth-order valence-electron chi connectivity index (χ4n) is 14.2. The lowest BCUT2D eigenvalue weighted by atomic mass is 9.33. The van der Waals surface area contributed by atoms with Crippen molar-refractivity contribution < 1.29 is 8.83 Å². The van der Waals surface area contributed by atoms with Crippen LogP contribution in [0.5, 0.6) is 0 Å². The van der Waals surface area contributed by atoms with Crippen LogP contribution < -0.4 is 31.1 Å². The molecule has 1 fully saturated rings. The van der Waals surface area contributed by atoms with Gasteiger partial charge in [0.2, 0.25) is 0 Å². The molecule has 72 heavy (non-hydrogen) atoms. The van der Waals surface area contributed by atoms with Gasteiger partial charge in [-0.25, -0.2) is 0 Å². The zero-order valence-corrected chi connectivity index (χ0v) is 43.4. The van der Waals surface area contributed by atoms with Gasteiger partial charge in [0.15, 0.2) is 0 Å². The number of rotatable bonds is 3. The number of anilines is 8. The molecule has 1 aliphatic carbocycles. The summed E-state index contributed by atoms with van der Waals surface area (Å²) in [5.74, 6) is 0. The van der Waals surface area contributed by atoms with Gasteiger partial charge >= 0.3 is 0 Å². The number of para-hydroxylation sites is 2. The molecule has 2 unspecified atom stereocenters. The van der Waals surface area contributed by atoms with E-state index in [4.69, 9.17) is 8.83 Å². The summed E-state index contributed by atoms with van der Waals surface area (Å²) >= 11 is 0. The summed E-state index contributed by atoms with van der Waals surface area (Å²) in [4.78, 5) is 8.08. The third kappa shape index (κ3) is 5.84. The van der Waals surface area contributed by atoms with E-state index in [0.29, 0.717) is 0 Å². The number of aryl methyl sites for hydroxylation is 2. The van der Waals surface area contributed by atoms with Crippen molar-refractivity contribution in [1.29, 1.82) is 0 Å². The molecule has 8 aromatic carbocycles. The summed E-state index contributed by atoms with van der Waals surface area (Å²) in [7, 11) is 0. The summed E-state index contributed by atoms with van der Waals surface area (Å²) < 4.78 is 13.5. The highest BCUT2D eigenvalue weighted by Gasteiger charge is 2.59. The van der Waals surface area contributed by atoms with Gasteiger partial charge in [-0.2, -0.15) is 0 Å². The monoisotopic (exact) mass is 939 g/mol. The van der Waals surface area contributed by atoms with Crippen LogP contribution in [0.1, 0.15) is 109 Å². The minimum Gasteiger partial charge on any atom is -0.456 e. The number of benzene rings is 8. The molecular formula is C66H62BN3O2. The van der Waals surface area contributed by atoms with Crippen molar-refractivity contribution in [3.05, 3.63) is 173 Å². The average Bonchev–Trinajstić information content (AvgIpc) is 3.99. The molecule has 5 nitrogen and oxygen atoms in total. The van der Waals surface area contributed by atoms with E-state index in [1.54, 1.807) is 0 Å². The second-order valence-corrected chi connectivity index (χ2v) is 24.2. The van der Waals surface area contributed by atoms with E-state index in [0.717, 1.165) is 68.1 Å². The van der Waals surface area contributed by atoms with Gasteiger partial charge in [0.1, 0.15) is 22.3 Å². The van der Waals surface area contributed by atoms with Gasteiger partial charge in [-0.3, -0.25) is 0 Å². The number of nitrogens with zero attached hydrogens (tertiary/aromatic N) is 3. The Balaban J connectivity index is 1.17. The highest BCUT2D eigenvalue weighted by molar-refractivity contribution is 7.00. The zero-order chi connectivity index (χ0) is 49.4. The van der Waals surface area contributed by atoms with E-state index in [1.165, 1.54) is 91.2 Å². The summed E-state index contributed by atoms with van der Waals surface area (Å²) in [5, 5.41) is 4.49. The summed E-state index contributed by atoms with van der Waals surface area (Å²) in [5.41, 5.74) is 23.5. The quantitative estimate of drug-likeness (QED) is 0.165. The molecule has 3 aliphatic heterocycles. The molecule has 0 spiro atoms. The molecule has 0 bridgehead atoms. The lowest BCUT2D eigenvalue weighted by Gasteiger charge is -2.51. The molecule has 0 N–H and O–H groups in total. The predicted octanol–water partition coefficient (Wildman–Crippen LogP) is 16.5. The largest absolute Gasteiger partial charge is 0.456 e. The lowest BCUT2D eigenvalue weighted by Crippen LogP contribution is -2.61. The molecule has 4 aliphatic rings. The lowest BCUT2D eigenvalue weighted by molar-refractivity contribution is 0.194. The molecule has 2 atom stereocenters. The number of furan rings is 2. The highest BCUT2D eigenvalue weighted by atomic mass is 16.3. The molecule has 356 valence electrons. The maximum absolute atomic E-state index is 6.74. The van der Waals surface area contributed by atoms with E-state index in [2.05, 4.69) is 230 Å². The third-order valence-corrected chi connectivity index (χ3v) is 17.8. The Labute approximate surface area is 424 Å². The van der Waals surface area contributed by atoms with Gasteiger partial charge in [-0.15, -0.1) is 0 Å². The predicted molar refractivity (Wildman–Crippen MR) is 305 cm³/mol. The molecule has 2 aromatic heterocycles. The van der Waals surface area contributed by atoms with Gasteiger partial charge in [-0.05, 0) is 155 Å². The summed E-state index contributed by atoms with van der Waals surface area (Å²) in [6.07, 6.45) is 4.70. The summed E-state index contributed by atoms with van der Waals surface area (Å²) in [6, 6.07) is 55.3. The van der Waals surface area contributed by atoms with E-state index in [9.17, 15) is 0 Å². The first-order valence-corrected chi connectivity index (χ1v) is 26.3. The molecule has 1 saturated carbocycles. The molecule has 14 rings (SSSR count). The number of fused-ring (bicyclic) bond motifs is 13. The van der Waals surface area contributed by atoms with Crippen molar-refractivity contribution in [2.75, 3.05) is 14.7 Å². The normalized spacial score (nSPS) is 19.3. The topological polar surface area (TPSA) is 36.0 Å². The Morgan fingerprint density at radius 1 is 0.486 bits per heavy atom. The Bertz CT molecular complexity index is 3750. The van der Waals surface area contributed by atoms with Gasteiger partial charge in [-0.1, -0.05) is 140 Å². The first kappa shape index (κ1) is 43.6. The fraction of sp³-hybridized carbons (Fsp3) is 0.273. The van der Waals surface area contributed by atoms with Crippen LogP contribution in [-0.2, 0) is 16.2 Å². The van der Waals surface area contributed by atoms with Crippen LogP contribution in [0.25, 0.3) is 43.9 Å². The summed E-state index contributed by atoms with van der Waals surface area (Å²) in [6.45, 7) is 23.8. The minimum absolute atomic E-state index is 0.0432. The van der Waals surface area contributed by atoms with Gasteiger partial charge < -0.3 is 23.5 Å². The highest BCUT2D eigenvalue weighted by Crippen LogP contribution is 2.63. The zero-order valence-electron chi connectivity index (χ0n) is 43.4. The number of hydrogen-bond acceptors (Lipinski definition) is 5. The number of hydrogen-bond donors (Lipinski definition) is 0. The third-order valence-electron chi connectivity index (χ3n) is 17.8. The van der Waals surface area contributed by atoms with Crippen LogP contribution >= 0.6 is 0 Å². The Morgan fingerprint density at radius 3 is 1.51 bits per heavy atom. The standard InChI is InChI=1S/C66H62BN3O2/c1-39-33-40(2)61-52(34-39)70(66(10)32-16-15-31-65(61,66)9)43-37-53-62-54(38-43)69(49-22-18-26-58-60(49)45-20-12-14-24-56(45)72-58)51-36-42(64(6,7)8)28-30-47(51)67(62)46-29-27-41(63(3,4)5)35-50(46)68(53)48-21-17-25-57-59(48)44-19-11-13-23-55(44)71-57/h11-14,17-30,33-38H,15-16,31-32H2,1-10H3. The average molecular weight is 940 g/mol. The van der Waals surface area contributed by atoms with Crippen molar-refractivity contribution in [2.45, 2.75) is 117 Å². The van der Waals surface area contributed by atoms with Crippen LogP contribution in [0.2, 0.25) is 0 Å². The van der Waals surface area contributed by atoms with Gasteiger partial charge in [0.25, 0.3) is 6.71 Å². The first-order valence-electron chi connectivity index (χ1n) is 26.3. The molecule has 0 radical (unpaired) electrons. The van der Waals surface area contributed by atoms with Crippen molar-refractivity contribution in [3.63, 3.8) is 0 Å². The maximum atomic E-state index is 6.74. The van der Waals surface area contributed by atoms with Crippen molar-refractivity contribution >= 4 is 112 Å². The van der Waals surface area contributed by atoms with Crippen LogP contribution in [0.15, 0.2) is 154 Å². The molecule has 0 saturated heterocycles. The minimum atomic E-state index is -0.179. The molecule has 6 heteroatoms. The van der Waals surface area contributed by atoms with E-state index in [-0.39, 0.29) is 28.5 Å². The van der Waals surface area contributed by atoms with Crippen molar-refractivity contribution in [2.24, 2.45) is 0 Å². The van der Waals surface area contributed by atoms with Gasteiger partial charge in [0, 0.05) is 50.3 Å². The van der Waals surface area contributed by atoms with Crippen LogP contribution in [0, 0.1) is 13.8 Å². The Kier molecular flexibility index (Phi) is 8.91. The maximum Gasteiger partial charge on any atom is 0.252 e. The smallest absolute Gasteiger partial charge is 0.252 e. The molecule has 0 amide bonds. The second kappa shape index (κ2) is 14.7.